The molecule has 1 aromatic carbocycles. The van der Waals surface area contributed by atoms with Crippen LogP contribution in [0.4, 0.5) is 4.39 Å². The molecule has 1 aliphatic rings. The smallest absolute Gasteiger partial charge is 0.481 e. The number of nitrogens with zero attached hydrogens (tertiary/aromatic N) is 2. The summed E-state index contributed by atoms with van der Waals surface area (Å²) in [6.07, 6.45) is 2.92. The van der Waals surface area contributed by atoms with Gasteiger partial charge in [0.25, 0.3) is 5.91 Å². The highest BCUT2D eigenvalue weighted by molar-refractivity contribution is 6.48. The molecule has 0 saturated carbocycles. The Morgan fingerprint density at radius 1 is 1.19 bits per heavy atom. The summed E-state index contributed by atoms with van der Waals surface area (Å²) in [5, 5.41) is 2.91. The van der Waals surface area contributed by atoms with Crippen LogP contribution in [0.2, 0.25) is 5.02 Å². The van der Waals surface area contributed by atoms with Crippen molar-refractivity contribution in [3.8, 4) is 5.75 Å². The Morgan fingerprint density at radius 3 is 2.43 bits per heavy atom. The van der Waals surface area contributed by atoms with Crippen LogP contribution >= 0.6 is 11.6 Å². The van der Waals surface area contributed by atoms with E-state index in [1.165, 1.54) is 31.6 Å². The Labute approximate surface area is 220 Å². The minimum absolute atomic E-state index is 0.0155. The van der Waals surface area contributed by atoms with Crippen molar-refractivity contribution in [3.63, 3.8) is 0 Å². The number of benzene rings is 1. The second kappa shape index (κ2) is 11.7. The maximum atomic E-state index is 13.8. The lowest BCUT2D eigenvalue weighted by atomic mass is 9.76. The van der Waals surface area contributed by atoms with E-state index in [1.807, 2.05) is 27.7 Å². The lowest BCUT2D eigenvalue weighted by Crippen LogP contribution is -2.50. The highest BCUT2D eigenvalue weighted by Crippen LogP contribution is 2.38. The Hall–Kier alpha value is -2.80. The molecular formula is C24H31BClFN4O6. The monoisotopic (exact) mass is 536 g/mol. The number of ether oxygens (including phenoxy) is 2. The molecule has 3 rings (SSSR count). The summed E-state index contributed by atoms with van der Waals surface area (Å²) < 4.78 is 37.1. The number of carbonyl (C=O) groups excluding carboxylic acids is 2. The van der Waals surface area contributed by atoms with Gasteiger partial charge in [-0.05, 0) is 39.8 Å². The third-order valence-electron chi connectivity index (χ3n) is 6.46. The molecular weight excluding hydrogens is 506 g/mol. The zero-order valence-electron chi connectivity index (χ0n) is 21.4. The molecule has 1 fully saturated rings. The van der Waals surface area contributed by atoms with Crippen LogP contribution in [0.25, 0.3) is 0 Å². The Morgan fingerprint density at radius 2 is 1.84 bits per heavy atom. The summed E-state index contributed by atoms with van der Waals surface area (Å²) in [6.45, 7) is 7.59. The largest absolute Gasteiger partial charge is 0.493 e. The van der Waals surface area contributed by atoms with Gasteiger partial charge in [0.2, 0.25) is 5.91 Å². The summed E-state index contributed by atoms with van der Waals surface area (Å²) in [7, 11) is 0.603. The lowest BCUT2D eigenvalue weighted by molar-refractivity contribution is -0.124. The molecule has 0 aliphatic carbocycles. The van der Waals surface area contributed by atoms with E-state index in [1.54, 1.807) is 6.07 Å². The maximum absolute atomic E-state index is 13.8. The maximum Gasteiger partial charge on any atom is 0.481 e. The van der Waals surface area contributed by atoms with Crippen molar-refractivity contribution in [3.05, 3.63) is 52.8 Å². The number of nitrogens with two attached hydrogens (primary N) is 1. The van der Waals surface area contributed by atoms with Crippen molar-refractivity contribution in [2.45, 2.75) is 57.2 Å². The van der Waals surface area contributed by atoms with Crippen LogP contribution in [0.15, 0.2) is 30.6 Å². The van der Waals surface area contributed by atoms with Gasteiger partial charge in [0.05, 0.1) is 41.1 Å². The number of aromatic nitrogens is 2. The molecule has 37 heavy (non-hydrogen) atoms. The molecule has 2 amide bonds. The fraction of sp³-hybridized carbons (Fsp3) is 0.500. The number of carbonyl (C=O) groups is 2. The molecule has 1 aromatic heterocycles. The number of methoxy groups -OCH3 is 1. The molecule has 3 N–H and O–H groups in total. The van der Waals surface area contributed by atoms with E-state index in [4.69, 9.17) is 36.1 Å². The first-order valence-electron chi connectivity index (χ1n) is 11.7. The average Bonchev–Trinajstić information content (AvgIpc) is 3.05. The fourth-order valence-corrected chi connectivity index (χ4v) is 3.84. The van der Waals surface area contributed by atoms with Gasteiger partial charge in [-0.1, -0.05) is 11.6 Å². The molecule has 2 atom stereocenters. The Balaban J connectivity index is 1.82. The number of primary amides is 1. The van der Waals surface area contributed by atoms with Crippen molar-refractivity contribution in [2.75, 3.05) is 20.3 Å². The first-order chi connectivity index (χ1) is 17.4. The van der Waals surface area contributed by atoms with Crippen LogP contribution in [0, 0.1) is 5.82 Å². The van der Waals surface area contributed by atoms with E-state index < -0.39 is 47.8 Å². The molecule has 200 valence electrons. The van der Waals surface area contributed by atoms with Gasteiger partial charge in [-0.25, -0.2) is 9.37 Å². The highest BCUT2D eigenvalue weighted by atomic mass is 35.5. The van der Waals surface area contributed by atoms with Crippen molar-refractivity contribution < 1.29 is 32.8 Å². The van der Waals surface area contributed by atoms with Gasteiger partial charge in [0.1, 0.15) is 23.2 Å². The second-order valence-corrected chi connectivity index (χ2v) is 10.0. The van der Waals surface area contributed by atoms with Crippen LogP contribution in [0.3, 0.4) is 0 Å². The molecule has 13 heteroatoms. The van der Waals surface area contributed by atoms with Gasteiger partial charge in [0, 0.05) is 32.0 Å². The first-order valence-corrected chi connectivity index (χ1v) is 12.1. The van der Waals surface area contributed by atoms with Crippen LogP contribution in [-0.2, 0) is 18.8 Å². The Bertz CT molecular complexity index is 1120. The van der Waals surface area contributed by atoms with Crippen molar-refractivity contribution >= 4 is 30.5 Å². The van der Waals surface area contributed by atoms with E-state index in [9.17, 15) is 14.0 Å². The topological polar surface area (TPSA) is 135 Å². The van der Waals surface area contributed by atoms with E-state index in [2.05, 4.69) is 15.3 Å². The molecule has 0 radical (unpaired) electrons. The second-order valence-electron chi connectivity index (χ2n) is 9.62. The van der Waals surface area contributed by atoms with Gasteiger partial charge in [-0.2, -0.15) is 0 Å². The average molecular weight is 537 g/mol. The molecule has 1 saturated heterocycles. The van der Waals surface area contributed by atoms with E-state index >= 15 is 0 Å². The van der Waals surface area contributed by atoms with E-state index in [0.29, 0.717) is 0 Å². The molecule has 10 nitrogen and oxygen atoms in total. The molecule has 2 heterocycles. The third kappa shape index (κ3) is 6.75. The van der Waals surface area contributed by atoms with Gasteiger partial charge in [-0.3, -0.25) is 14.6 Å². The summed E-state index contributed by atoms with van der Waals surface area (Å²) in [6, 6.07) is 4.12. The zero-order chi connectivity index (χ0) is 27.4. The van der Waals surface area contributed by atoms with Gasteiger partial charge in [-0.15, -0.1) is 0 Å². The predicted octanol–water partition coefficient (Wildman–Crippen LogP) is 2.68. The molecule has 0 bridgehead atoms. The summed E-state index contributed by atoms with van der Waals surface area (Å²) in [5.74, 6) is -3.31. The molecule has 0 spiro atoms. The van der Waals surface area contributed by atoms with E-state index in [-0.39, 0.29) is 41.8 Å². The third-order valence-corrected chi connectivity index (χ3v) is 6.76. The minimum atomic E-state index is -0.989. The number of amides is 2. The van der Waals surface area contributed by atoms with Crippen LogP contribution in [0.1, 0.15) is 56.2 Å². The zero-order valence-corrected chi connectivity index (χ0v) is 22.2. The highest BCUT2D eigenvalue weighted by Gasteiger charge is 2.54. The van der Waals surface area contributed by atoms with Gasteiger partial charge < -0.3 is 29.8 Å². The summed E-state index contributed by atoms with van der Waals surface area (Å²) in [4.78, 5) is 33.5. The van der Waals surface area contributed by atoms with Crippen molar-refractivity contribution in [2.24, 2.45) is 5.73 Å². The normalized spacial score (nSPS) is 17.8. The van der Waals surface area contributed by atoms with Gasteiger partial charge >= 0.3 is 7.12 Å². The van der Waals surface area contributed by atoms with E-state index in [0.717, 1.165) is 0 Å². The minimum Gasteiger partial charge on any atom is -0.493 e. The molecule has 1 aliphatic heterocycles. The first kappa shape index (κ1) is 28.8. The number of rotatable bonds is 11. The van der Waals surface area contributed by atoms with Crippen LogP contribution in [0.5, 0.6) is 5.75 Å². The van der Waals surface area contributed by atoms with Crippen molar-refractivity contribution in [1.82, 2.24) is 15.3 Å². The predicted molar refractivity (Wildman–Crippen MR) is 135 cm³/mol. The quantitative estimate of drug-likeness (QED) is 0.419. The van der Waals surface area contributed by atoms with Crippen LogP contribution < -0.4 is 15.8 Å². The van der Waals surface area contributed by atoms with Crippen molar-refractivity contribution in [1.29, 1.82) is 0 Å². The summed E-state index contributed by atoms with van der Waals surface area (Å²) >= 11 is 5.74. The van der Waals surface area contributed by atoms with Crippen LogP contribution in [-0.4, -0.2) is 66.4 Å². The van der Waals surface area contributed by atoms with Gasteiger partial charge in [0.15, 0.2) is 0 Å². The number of nitrogens with one attached hydrogen (secondary N) is 1. The number of hydrogen-bond acceptors (Lipinski definition) is 8. The molecule has 2 aromatic rings. The SMILES string of the molecule is COC[C@H](C(=O)N[C@@H](CCOc1ccc(Cl)c(F)c1)B1OC(C)(C)C(C)(C)O1)c1nccnc1C(N)=O. The summed E-state index contributed by atoms with van der Waals surface area (Å²) in [5.41, 5.74) is 4.10. The number of hydrogen-bond donors (Lipinski definition) is 2. The number of halogens is 2. The fourth-order valence-electron chi connectivity index (χ4n) is 3.72. The Kier molecular flexibility index (Phi) is 9.11. The lowest BCUT2D eigenvalue weighted by Gasteiger charge is -2.32. The standard InChI is InChI=1S/C24H31BClFN4O6/c1-23(2)24(3,4)37-25(36-23)18(8-11-35-14-6-7-16(26)17(27)12-14)31-22(33)15(13-34-5)19-20(21(28)32)30-10-9-29-19/h6-7,9-10,12,15,18H,8,11,13H2,1-5H3,(H2,28,32)(H,31,33)/t15-,18-/m0/s1. The molecule has 0 unspecified atom stereocenters.